The molecule has 7 heteroatoms. The van der Waals surface area contributed by atoms with Gasteiger partial charge in [0, 0.05) is 11.6 Å². The number of imidazole rings is 1. The van der Waals surface area contributed by atoms with Crippen molar-refractivity contribution in [3.05, 3.63) is 58.9 Å². The summed E-state index contributed by atoms with van der Waals surface area (Å²) in [5.41, 5.74) is 3.14. The van der Waals surface area contributed by atoms with Gasteiger partial charge in [0.05, 0.1) is 30.2 Å². The van der Waals surface area contributed by atoms with Crippen LogP contribution >= 0.6 is 11.6 Å². The first-order valence-electron chi connectivity index (χ1n) is 12.5. The molecule has 0 aliphatic carbocycles. The van der Waals surface area contributed by atoms with Gasteiger partial charge in [0.1, 0.15) is 24.9 Å². The third-order valence-corrected chi connectivity index (χ3v) is 7.34. The number of aromatic nitrogens is 2. The second-order valence-electron chi connectivity index (χ2n) is 9.39. The van der Waals surface area contributed by atoms with Crippen LogP contribution in [-0.4, -0.2) is 53.5 Å². The van der Waals surface area contributed by atoms with Crippen LogP contribution in [0.15, 0.2) is 42.5 Å². The summed E-state index contributed by atoms with van der Waals surface area (Å²) in [6.07, 6.45) is 5.65. The van der Waals surface area contributed by atoms with Crippen molar-refractivity contribution in [2.24, 2.45) is 0 Å². The lowest BCUT2D eigenvalue weighted by Gasteiger charge is -2.33. The smallest absolute Gasteiger partial charge is 0.124 e. The number of hydrogen-bond acceptors (Lipinski definition) is 4. The average Bonchev–Trinajstić information content (AvgIpc) is 3.21. The Hall–Kier alpha value is -2.15. The van der Waals surface area contributed by atoms with Gasteiger partial charge in [-0.05, 0) is 87.0 Å². The minimum atomic E-state index is -0.390. The number of halogens is 2. The number of benzene rings is 2. The van der Waals surface area contributed by atoms with E-state index in [9.17, 15) is 4.39 Å². The van der Waals surface area contributed by atoms with Crippen molar-refractivity contribution in [3.8, 4) is 5.75 Å². The number of aryl methyl sites for hydroxylation is 1. The molecule has 2 aliphatic heterocycles. The topological polar surface area (TPSA) is 39.5 Å². The summed E-state index contributed by atoms with van der Waals surface area (Å²) in [5, 5.41) is 0.749. The van der Waals surface area contributed by atoms with Crippen molar-refractivity contribution in [1.29, 1.82) is 0 Å². The van der Waals surface area contributed by atoms with Crippen LogP contribution < -0.4 is 4.74 Å². The second-order valence-corrected chi connectivity index (χ2v) is 9.83. The molecule has 1 aromatic heterocycles. The molecule has 1 unspecified atom stereocenters. The predicted molar refractivity (Wildman–Crippen MR) is 133 cm³/mol. The molecule has 5 rings (SSSR count). The van der Waals surface area contributed by atoms with Crippen LogP contribution in [0.3, 0.4) is 0 Å². The maximum atomic E-state index is 13.2. The lowest BCUT2D eigenvalue weighted by molar-refractivity contribution is -0.0113. The van der Waals surface area contributed by atoms with Gasteiger partial charge in [-0.3, -0.25) is 4.90 Å². The molecule has 0 N–H and O–H groups in total. The van der Waals surface area contributed by atoms with Gasteiger partial charge in [0.25, 0.3) is 0 Å². The molecule has 2 fully saturated rings. The Kier molecular flexibility index (Phi) is 7.67. The van der Waals surface area contributed by atoms with E-state index in [2.05, 4.69) is 11.0 Å². The number of likely N-dealkylation sites (tertiary alicyclic amines) is 1. The van der Waals surface area contributed by atoms with E-state index in [-0.39, 0.29) is 6.10 Å². The highest BCUT2D eigenvalue weighted by Gasteiger charge is 2.25. The first kappa shape index (κ1) is 23.6. The van der Waals surface area contributed by atoms with Crippen molar-refractivity contribution < 1.29 is 13.9 Å². The van der Waals surface area contributed by atoms with Crippen LogP contribution in [0.4, 0.5) is 4.39 Å². The molecule has 3 heterocycles. The van der Waals surface area contributed by atoms with Crippen molar-refractivity contribution in [3.63, 3.8) is 0 Å². The number of hydrogen-bond donors (Lipinski definition) is 0. The van der Waals surface area contributed by atoms with Gasteiger partial charge in [-0.2, -0.15) is 0 Å². The number of fused-ring (bicyclic) bond motifs is 1. The highest BCUT2D eigenvalue weighted by Crippen LogP contribution is 2.36. The standard InChI is InChI=1S/C27H33ClFN3O2/c28-21-8-9-26(34-19-22-5-3-4-16-33-22)23(17-21)20-10-13-31(14-11-20)18-27-30-24-6-1-2-7-25(24)32(27)15-12-29/h1-2,6-9,17,20,22H,3-5,10-16,18-19H2. The highest BCUT2D eigenvalue weighted by molar-refractivity contribution is 6.30. The predicted octanol–water partition coefficient (Wildman–Crippen LogP) is 5.99. The number of para-hydroxylation sites is 2. The molecule has 182 valence electrons. The monoisotopic (exact) mass is 485 g/mol. The van der Waals surface area contributed by atoms with Crippen molar-refractivity contribution in [2.45, 2.75) is 57.2 Å². The maximum absolute atomic E-state index is 13.2. The van der Waals surface area contributed by atoms with E-state index in [4.69, 9.17) is 26.1 Å². The van der Waals surface area contributed by atoms with Gasteiger partial charge >= 0.3 is 0 Å². The van der Waals surface area contributed by atoms with E-state index in [0.29, 0.717) is 19.1 Å². The Labute approximate surface area is 205 Å². The molecule has 0 amide bonds. The molecular weight excluding hydrogens is 453 g/mol. The van der Waals surface area contributed by atoms with Crippen LogP contribution in [0.5, 0.6) is 5.75 Å². The average molecular weight is 486 g/mol. The van der Waals surface area contributed by atoms with Crippen LogP contribution in [0.25, 0.3) is 11.0 Å². The fourth-order valence-electron chi connectivity index (χ4n) is 5.27. The molecule has 34 heavy (non-hydrogen) atoms. The lowest BCUT2D eigenvalue weighted by Crippen LogP contribution is -2.33. The molecule has 0 radical (unpaired) electrons. The lowest BCUT2D eigenvalue weighted by atomic mass is 9.88. The molecule has 0 spiro atoms. The number of ether oxygens (including phenoxy) is 2. The zero-order valence-corrected chi connectivity index (χ0v) is 20.4. The normalized spacial score (nSPS) is 20.1. The molecule has 1 atom stereocenters. The Morgan fingerprint density at radius 2 is 1.94 bits per heavy atom. The van der Waals surface area contributed by atoms with Crippen LogP contribution in [0.1, 0.15) is 49.4 Å². The van der Waals surface area contributed by atoms with E-state index < -0.39 is 6.67 Å². The summed E-state index contributed by atoms with van der Waals surface area (Å²) in [4.78, 5) is 7.23. The Bertz CT molecular complexity index is 1090. The molecule has 2 saturated heterocycles. The molecule has 5 nitrogen and oxygen atoms in total. The third kappa shape index (κ3) is 5.40. The number of rotatable bonds is 8. The highest BCUT2D eigenvalue weighted by atomic mass is 35.5. The SMILES string of the molecule is FCCn1c(CN2CCC(c3cc(Cl)ccc3OCC3CCCCO3)CC2)nc2ccccc21. The third-order valence-electron chi connectivity index (χ3n) is 7.10. The van der Waals surface area contributed by atoms with Crippen LogP contribution in [0.2, 0.25) is 5.02 Å². The summed E-state index contributed by atoms with van der Waals surface area (Å²) in [6, 6.07) is 14.0. The van der Waals surface area contributed by atoms with Crippen LogP contribution in [-0.2, 0) is 17.8 Å². The Morgan fingerprint density at radius 3 is 2.74 bits per heavy atom. The van der Waals surface area contributed by atoms with Gasteiger partial charge in [-0.1, -0.05) is 23.7 Å². The van der Waals surface area contributed by atoms with Gasteiger partial charge < -0.3 is 14.0 Å². The minimum Gasteiger partial charge on any atom is -0.491 e. The number of piperidine rings is 1. The van der Waals surface area contributed by atoms with Crippen molar-refractivity contribution >= 4 is 22.6 Å². The summed E-state index contributed by atoms with van der Waals surface area (Å²) in [6.45, 7) is 4.04. The van der Waals surface area contributed by atoms with Gasteiger partial charge in [-0.25, -0.2) is 9.37 Å². The zero-order valence-electron chi connectivity index (χ0n) is 19.6. The van der Waals surface area contributed by atoms with E-state index in [1.54, 1.807) is 0 Å². The molecule has 2 aliphatic rings. The summed E-state index contributed by atoms with van der Waals surface area (Å²) in [5.74, 6) is 2.28. The summed E-state index contributed by atoms with van der Waals surface area (Å²) in [7, 11) is 0. The molecular formula is C27H33ClFN3O2. The summed E-state index contributed by atoms with van der Waals surface area (Å²) < 4.78 is 27.3. The first-order chi connectivity index (χ1) is 16.7. The Morgan fingerprint density at radius 1 is 1.09 bits per heavy atom. The van der Waals surface area contributed by atoms with E-state index >= 15 is 0 Å². The van der Waals surface area contributed by atoms with Crippen molar-refractivity contribution in [1.82, 2.24) is 14.5 Å². The van der Waals surface area contributed by atoms with Crippen LogP contribution in [0, 0.1) is 0 Å². The van der Waals surface area contributed by atoms with E-state index in [1.807, 2.05) is 41.0 Å². The quantitative estimate of drug-likeness (QED) is 0.393. The minimum absolute atomic E-state index is 0.183. The number of nitrogens with zero attached hydrogens (tertiary/aromatic N) is 3. The van der Waals surface area contributed by atoms with E-state index in [1.165, 1.54) is 12.0 Å². The fraction of sp³-hybridized carbons (Fsp3) is 0.519. The number of alkyl halides is 1. The fourth-order valence-corrected chi connectivity index (χ4v) is 5.45. The second kappa shape index (κ2) is 11.1. The molecule has 0 bridgehead atoms. The zero-order chi connectivity index (χ0) is 23.3. The molecule has 2 aromatic carbocycles. The van der Waals surface area contributed by atoms with E-state index in [0.717, 1.165) is 79.6 Å². The maximum Gasteiger partial charge on any atom is 0.124 e. The van der Waals surface area contributed by atoms with Gasteiger partial charge in [-0.15, -0.1) is 0 Å². The first-order valence-corrected chi connectivity index (χ1v) is 12.9. The summed E-state index contributed by atoms with van der Waals surface area (Å²) >= 11 is 6.37. The van der Waals surface area contributed by atoms with Gasteiger partial charge in [0.15, 0.2) is 0 Å². The molecule has 3 aromatic rings. The largest absolute Gasteiger partial charge is 0.491 e. The van der Waals surface area contributed by atoms with Crippen molar-refractivity contribution in [2.75, 3.05) is 33.0 Å². The van der Waals surface area contributed by atoms with Gasteiger partial charge in [0.2, 0.25) is 0 Å². The Balaban J connectivity index is 1.24. The molecule has 0 saturated carbocycles.